The van der Waals surface area contributed by atoms with E-state index in [-0.39, 0.29) is 0 Å². The van der Waals surface area contributed by atoms with Gasteiger partial charge in [-0.1, -0.05) is 12.1 Å². The fourth-order valence-electron chi connectivity index (χ4n) is 2.02. The molecule has 0 radical (unpaired) electrons. The third kappa shape index (κ3) is 3.69. The molecule has 0 aliphatic carbocycles. The van der Waals surface area contributed by atoms with Crippen LogP contribution in [-0.2, 0) is 6.42 Å². The average molecular weight is 281 g/mol. The number of hydrogen-bond acceptors (Lipinski definition) is 5. The van der Waals surface area contributed by atoms with Gasteiger partial charge in [-0.3, -0.25) is 0 Å². The Morgan fingerprint density at radius 3 is 2.38 bits per heavy atom. The highest BCUT2D eigenvalue weighted by Crippen LogP contribution is 2.23. The van der Waals surface area contributed by atoms with Gasteiger partial charge < -0.3 is 10.6 Å². The molecular weight excluding hydrogens is 262 g/mol. The molecule has 5 heteroatoms. The van der Waals surface area contributed by atoms with Crippen LogP contribution in [0.3, 0.4) is 0 Å². The lowest BCUT2D eigenvalue weighted by atomic mass is 10.1. The number of benzene rings is 1. The SMILES string of the molecule is CCNc1nc(C)nc(Nc2ccc(CC#N)cc2)c1C. The maximum Gasteiger partial charge on any atom is 0.139 e. The fourth-order valence-corrected chi connectivity index (χ4v) is 2.02. The normalized spacial score (nSPS) is 10.0. The highest BCUT2D eigenvalue weighted by molar-refractivity contribution is 5.64. The summed E-state index contributed by atoms with van der Waals surface area (Å²) in [4.78, 5) is 8.86. The summed E-state index contributed by atoms with van der Waals surface area (Å²) in [5, 5.41) is 15.2. The standard InChI is InChI=1S/C16H19N5/c1-4-18-15-11(2)16(20-12(3)19-15)21-14-7-5-13(6-8-14)9-10-17/h5-8H,4,9H2,1-3H3,(H2,18,19,20,21). The van der Waals surface area contributed by atoms with Gasteiger partial charge in [-0.05, 0) is 38.5 Å². The third-order valence-electron chi connectivity index (χ3n) is 3.10. The van der Waals surface area contributed by atoms with Crippen molar-refractivity contribution in [2.45, 2.75) is 27.2 Å². The first-order valence-corrected chi connectivity index (χ1v) is 6.96. The Kier molecular flexibility index (Phi) is 4.72. The van der Waals surface area contributed by atoms with Crippen molar-refractivity contribution in [3.8, 4) is 6.07 Å². The molecule has 0 saturated heterocycles. The van der Waals surface area contributed by atoms with Crippen LogP contribution < -0.4 is 10.6 Å². The zero-order valence-corrected chi connectivity index (χ0v) is 12.6. The van der Waals surface area contributed by atoms with E-state index in [4.69, 9.17) is 5.26 Å². The van der Waals surface area contributed by atoms with Crippen LogP contribution in [0.15, 0.2) is 24.3 Å². The van der Waals surface area contributed by atoms with Gasteiger partial charge in [-0.25, -0.2) is 9.97 Å². The van der Waals surface area contributed by atoms with Gasteiger partial charge in [0.1, 0.15) is 17.5 Å². The molecule has 0 atom stereocenters. The zero-order valence-electron chi connectivity index (χ0n) is 12.6. The van der Waals surface area contributed by atoms with E-state index in [0.29, 0.717) is 6.42 Å². The molecule has 2 N–H and O–H groups in total. The summed E-state index contributed by atoms with van der Waals surface area (Å²) < 4.78 is 0. The van der Waals surface area contributed by atoms with E-state index >= 15 is 0 Å². The van der Waals surface area contributed by atoms with E-state index in [2.05, 4.69) is 26.7 Å². The smallest absolute Gasteiger partial charge is 0.139 e. The van der Waals surface area contributed by atoms with Crippen molar-refractivity contribution >= 4 is 17.3 Å². The van der Waals surface area contributed by atoms with Gasteiger partial charge in [-0.15, -0.1) is 0 Å². The highest BCUT2D eigenvalue weighted by Gasteiger charge is 2.08. The first kappa shape index (κ1) is 14.8. The minimum absolute atomic E-state index is 0.427. The van der Waals surface area contributed by atoms with Gasteiger partial charge >= 0.3 is 0 Å². The van der Waals surface area contributed by atoms with E-state index < -0.39 is 0 Å². The Labute approximate surface area is 125 Å². The molecule has 0 aliphatic rings. The number of rotatable bonds is 5. The lowest BCUT2D eigenvalue weighted by molar-refractivity contribution is 1.02. The first-order valence-electron chi connectivity index (χ1n) is 6.96. The van der Waals surface area contributed by atoms with Crippen LogP contribution in [0.1, 0.15) is 23.9 Å². The van der Waals surface area contributed by atoms with Crippen LogP contribution in [0, 0.1) is 25.2 Å². The highest BCUT2D eigenvalue weighted by atomic mass is 15.1. The summed E-state index contributed by atoms with van der Waals surface area (Å²) in [6, 6.07) is 9.94. The number of aromatic nitrogens is 2. The minimum Gasteiger partial charge on any atom is -0.370 e. The molecule has 0 fully saturated rings. The van der Waals surface area contributed by atoms with E-state index in [0.717, 1.165) is 40.8 Å². The van der Waals surface area contributed by atoms with E-state index in [1.165, 1.54) is 0 Å². The van der Waals surface area contributed by atoms with Gasteiger partial charge in [0, 0.05) is 17.8 Å². The molecule has 1 heterocycles. The topological polar surface area (TPSA) is 73.6 Å². The maximum absolute atomic E-state index is 8.68. The quantitative estimate of drug-likeness (QED) is 0.879. The molecule has 1 aromatic heterocycles. The average Bonchev–Trinajstić information content (AvgIpc) is 2.46. The fraction of sp³-hybridized carbons (Fsp3) is 0.312. The summed E-state index contributed by atoms with van der Waals surface area (Å²) in [5.74, 6) is 2.38. The molecular formula is C16H19N5. The van der Waals surface area contributed by atoms with Gasteiger partial charge in [0.15, 0.2) is 0 Å². The number of nitriles is 1. The van der Waals surface area contributed by atoms with Crippen molar-refractivity contribution in [1.82, 2.24) is 9.97 Å². The molecule has 0 saturated carbocycles. The molecule has 0 spiro atoms. The van der Waals surface area contributed by atoms with Crippen LogP contribution in [0.2, 0.25) is 0 Å². The second kappa shape index (κ2) is 6.71. The predicted molar refractivity (Wildman–Crippen MR) is 84.7 cm³/mol. The molecule has 108 valence electrons. The van der Waals surface area contributed by atoms with Crippen molar-refractivity contribution in [1.29, 1.82) is 5.26 Å². The monoisotopic (exact) mass is 281 g/mol. The number of nitrogens with zero attached hydrogens (tertiary/aromatic N) is 3. The Balaban J connectivity index is 2.24. The zero-order chi connectivity index (χ0) is 15.2. The maximum atomic E-state index is 8.68. The predicted octanol–water partition coefficient (Wildman–Crippen LogP) is 3.33. The lowest BCUT2D eigenvalue weighted by Crippen LogP contribution is -2.07. The Morgan fingerprint density at radius 2 is 1.76 bits per heavy atom. The van der Waals surface area contributed by atoms with Crippen LogP contribution in [0.4, 0.5) is 17.3 Å². The van der Waals surface area contributed by atoms with Crippen LogP contribution >= 0.6 is 0 Å². The second-order valence-electron chi connectivity index (χ2n) is 4.78. The van der Waals surface area contributed by atoms with E-state index in [1.807, 2.05) is 45.0 Å². The van der Waals surface area contributed by atoms with Gasteiger partial charge in [0.2, 0.25) is 0 Å². The molecule has 1 aromatic carbocycles. The minimum atomic E-state index is 0.427. The molecule has 21 heavy (non-hydrogen) atoms. The van der Waals surface area contributed by atoms with Crippen molar-refractivity contribution < 1.29 is 0 Å². The third-order valence-corrected chi connectivity index (χ3v) is 3.10. The first-order chi connectivity index (χ1) is 10.1. The summed E-state index contributed by atoms with van der Waals surface area (Å²) in [6.45, 7) is 6.72. The van der Waals surface area contributed by atoms with Gasteiger partial charge in [0.25, 0.3) is 0 Å². The van der Waals surface area contributed by atoms with Gasteiger partial charge in [-0.2, -0.15) is 5.26 Å². The molecule has 5 nitrogen and oxygen atoms in total. The lowest BCUT2D eigenvalue weighted by Gasteiger charge is -2.13. The van der Waals surface area contributed by atoms with Crippen LogP contribution in [-0.4, -0.2) is 16.5 Å². The molecule has 0 bridgehead atoms. The Hall–Kier alpha value is -2.61. The van der Waals surface area contributed by atoms with Crippen molar-refractivity contribution in [2.24, 2.45) is 0 Å². The molecule has 2 rings (SSSR count). The molecule has 0 amide bonds. The largest absolute Gasteiger partial charge is 0.370 e. The van der Waals surface area contributed by atoms with E-state index in [1.54, 1.807) is 0 Å². The van der Waals surface area contributed by atoms with Crippen molar-refractivity contribution in [3.63, 3.8) is 0 Å². The van der Waals surface area contributed by atoms with Crippen molar-refractivity contribution in [3.05, 3.63) is 41.2 Å². The Bertz CT molecular complexity index is 656. The number of hydrogen-bond donors (Lipinski definition) is 2. The number of anilines is 3. The van der Waals surface area contributed by atoms with Crippen LogP contribution in [0.5, 0.6) is 0 Å². The summed E-state index contributed by atoms with van der Waals surface area (Å²) in [5.41, 5.74) is 2.94. The molecule has 0 unspecified atom stereocenters. The Morgan fingerprint density at radius 1 is 1.10 bits per heavy atom. The molecule has 0 aliphatic heterocycles. The van der Waals surface area contributed by atoms with E-state index in [9.17, 15) is 0 Å². The molecule has 2 aromatic rings. The summed E-state index contributed by atoms with van der Waals surface area (Å²) in [6.07, 6.45) is 0.427. The number of aryl methyl sites for hydroxylation is 1. The van der Waals surface area contributed by atoms with Crippen molar-refractivity contribution in [2.75, 3.05) is 17.2 Å². The van der Waals surface area contributed by atoms with Crippen LogP contribution in [0.25, 0.3) is 0 Å². The number of nitrogens with one attached hydrogen (secondary N) is 2. The summed E-state index contributed by atoms with van der Waals surface area (Å²) >= 11 is 0. The summed E-state index contributed by atoms with van der Waals surface area (Å²) in [7, 11) is 0. The van der Waals surface area contributed by atoms with Gasteiger partial charge in [0.05, 0.1) is 12.5 Å². The second-order valence-corrected chi connectivity index (χ2v) is 4.78.